The van der Waals surface area contributed by atoms with Crippen LogP contribution in [0.15, 0.2) is 36.7 Å². The molecule has 2 aromatic rings. The quantitative estimate of drug-likeness (QED) is 0.367. The first kappa shape index (κ1) is 14.9. The van der Waals surface area contributed by atoms with E-state index >= 15 is 0 Å². The number of hydrogen-bond acceptors (Lipinski definition) is 4. The molecule has 0 aliphatic carbocycles. The fraction of sp³-hybridized carbons (Fsp3) is 0.143. The number of aryl methyl sites for hydroxylation is 1. The molecule has 0 aliphatic rings. The maximum Gasteiger partial charge on any atom is 0.270 e. The number of nitro groups is 1. The molecule has 0 amide bonds. The molecule has 7 heteroatoms. The van der Waals surface area contributed by atoms with Crippen LogP contribution in [0.3, 0.4) is 0 Å². The van der Waals surface area contributed by atoms with Crippen molar-refractivity contribution in [2.45, 2.75) is 13.5 Å². The summed E-state index contributed by atoms with van der Waals surface area (Å²) < 4.78 is 1.64. The zero-order valence-electron chi connectivity index (χ0n) is 11.2. The monoisotopic (exact) mass is 305 g/mol. The number of aromatic nitrogens is 2. The Kier molecular flexibility index (Phi) is 4.49. The van der Waals surface area contributed by atoms with E-state index in [4.69, 9.17) is 11.6 Å². The van der Waals surface area contributed by atoms with Gasteiger partial charge in [0, 0.05) is 29.9 Å². The second-order valence-corrected chi connectivity index (χ2v) is 4.65. The summed E-state index contributed by atoms with van der Waals surface area (Å²) in [4.78, 5) is 22.2. The first-order chi connectivity index (χ1) is 10.0. The molecule has 1 aromatic carbocycles. The van der Waals surface area contributed by atoms with Gasteiger partial charge in [0.05, 0.1) is 16.7 Å². The number of halogens is 1. The Bertz CT molecular complexity index is 722. The Morgan fingerprint density at radius 1 is 1.52 bits per heavy atom. The van der Waals surface area contributed by atoms with E-state index in [9.17, 15) is 14.9 Å². The van der Waals surface area contributed by atoms with E-state index in [-0.39, 0.29) is 11.5 Å². The predicted octanol–water partition coefficient (Wildman–Crippen LogP) is 3.36. The lowest BCUT2D eigenvalue weighted by Crippen LogP contribution is -1.94. The first-order valence-electron chi connectivity index (χ1n) is 6.20. The van der Waals surface area contributed by atoms with Crippen LogP contribution in [-0.2, 0) is 6.54 Å². The highest BCUT2D eigenvalue weighted by molar-refractivity contribution is 6.32. The molecule has 0 atom stereocenters. The summed E-state index contributed by atoms with van der Waals surface area (Å²) in [6.45, 7) is 2.59. The SMILES string of the molecule is CCn1cc(C(=O)/C=C/c2cc([N+](=O)[O-])ccc2Cl)cn1. The fourth-order valence-electron chi connectivity index (χ4n) is 1.70. The molecule has 6 nitrogen and oxygen atoms in total. The number of nitrogens with zero attached hydrogens (tertiary/aromatic N) is 3. The van der Waals surface area contributed by atoms with Gasteiger partial charge >= 0.3 is 0 Å². The fourth-order valence-corrected chi connectivity index (χ4v) is 1.88. The molecular weight excluding hydrogens is 294 g/mol. The van der Waals surface area contributed by atoms with E-state index in [2.05, 4.69) is 5.10 Å². The van der Waals surface area contributed by atoms with Crippen molar-refractivity contribution in [3.63, 3.8) is 0 Å². The number of benzene rings is 1. The zero-order chi connectivity index (χ0) is 15.4. The highest BCUT2D eigenvalue weighted by atomic mass is 35.5. The Hall–Kier alpha value is -2.47. The lowest BCUT2D eigenvalue weighted by molar-refractivity contribution is -0.384. The van der Waals surface area contributed by atoms with Crippen LogP contribution in [0.2, 0.25) is 5.02 Å². The van der Waals surface area contributed by atoms with Crippen LogP contribution in [0.5, 0.6) is 0 Å². The van der Waals surface area contributed by atoms with Crippen LogP contribution < -0.4 is 0 Å². The van der Waals surface area contributed by atoms with Crippen molar-refractivity contribution in [2.75, 3.05) is 0 Å². The summed E-state index contributed by atoms with van der Waals surface area (Å²) in [6.07, 6.45) is 5.90. The third-order valence-electron chi connectivity index (χ3n) is 2.85. The second-order valence-electron chi connectivity index (χ2n) is 4.25. The van der Waals surface area contributed by atoms with Gasteiger partial charge in [0.2, 0.25) is 0 Å². The van der Waals surface area contributed by atoms with Crippen molar-refractivity contribution < 1.29 is 9.72 Å². The summed E-state index contributed by atoms with van der Waals surface area (Å²) in [7, 11) is 0. The molecule has 0 fully saturated rings. The Balaban J connectivity index is 2.22. The van der Waals surface area contributed by atoms with Crippen molar-refractivity contribution in [3.8, 4) is 0 Å². The Labute approximate surface area is 125 Å². The van der Waals surface area contributed by atoms with Gasteiger partial charge in [-0.2, -0.15) is 5.10 Å². The molecular formula is C14H12ClN3O3. The van der Waals surface area contributed by atoms with Gasteiger partial charge in [0.25, 0.3) is 5.69 Å². The third kappa shape index (κ3) is 3.55. The smallest absolute Gasteiger partial charge is 0.270 e. The number of nitro benzene ring substituents is 1. The third-order valence-corrected chi connectivity index (χ3v) is 3.19. The van der Waals surface area contributed by atoms with Gasteiger partial charge in [-0.3, -0.25) is 19.6 Å². The van der Waals surface area contributed by atoms with E-state index < -0.39 is 4.92 Å². The largest absolute Gasteiger partial charge is 0.289 e. The van der Waals surface area contributed by atoms with Gasteiger partial charge in [-0.1, -0.05) is 11.6 Å². The van der Waals surface area contributed by atoms with Gasteiger partial charge in [0.1, 0.15) is 0 Å². The Morgan fingerprint density at radius 2 is 2.29 bits per heavy atom. The van der Waals surface area contributed by atoms with Crippen molar-refractivity contribution in [2.24, 2.45) is 0 Å². The van der Waals surface area contributed by atoms with Crippen LogP contribution in [0.25, 0.3) is 6.08 Å². The molecule has 0 saturated heterocycles. The number of carbonyl (C=O) groups is 1. The summed E-state index contributed by atoms with van der Waals surface area (Å²) in [5, 5.41) is 15.1. The molecule has 2 rings (SSSR count). The lowest BCUT2D eigenvalue weighted by atomic mass is 10.1. The van der Waals surface area contributed by atoms with E-state index in [1.54, 1.807) is 10.9 Å². The molecule has 0 aliphatic heterocycles. The van der Waals surface area contributed by atoms with E-state index in [0.29, 0.717) is 22.7 Å². The van der Waals surface area contributed by atoms with Gasteiger partial charge in [-0.05, 0) is 30.7 Å². The molecule has 0 radical (unpaired) electrons. The molecule has 0 saturated carbocycles. The van der Waals surface area contributed by atoms with Gasteiger partial charge in [-0.15, -0.1) is 0 Å². The van der Waals surface area contributed by atoms with E-state index in [1.165, 1.54) is 36.5 Å². The molecule has 0 N–H and O–H groups in total. The minimum Gasteiger partial charge on any atom is -0.289 e. The molecule has 108 valence electrons. The second kappa shape index (κ2) is 6.32. The van der Waals surface area contributed by atoms with Crippen LogP contribution in [-0.4, -0.2) is 20.5 Å². The van der Waals surface area contributed by atoms with E-state index in [0.717, 1.165) is 0 Å². The molecule has 0 unspecified atom stereocenters. The summed E-state index contributed by atoms with van der Waals surface area (Å²) in [5.41, 5.74) is 0.794. The highest BCUT2D eigenvalue weighted by Crippen LogP contribution is 2.23. The van der Waals surface area contributed by atoms with Crippen LogP contribution in [0.4, 0.5) is 5.69 Å². The molecule has 0 bridgehead atoms. The average Bonchev–Trinajstić information content (AvgIpc) is 2.94. The summed E-state index contributed by atoms with van der Waals surface area (Å²) in [5.74, 6) is -0.239. The van der Waals surface area contributed by atoms with E-state index in [1.807, 2.05) is 6.92 Å². The first-order valence-corrected chi connectivity index (χ1v) is 6.58. The summed E-state index contributed by atoms with van der Waals surface area (Å²) in [6, 6.07) is 4.06. The van der Waals surface area contributed by atoms with Crippen molar-refractivity contribution in [1.29, 1.82) is 0 Å². The topological polar surface area (TPSA) is 78.0 Å². The number of hydrogen-bond donors (Lipinski definition) is 0. The summed E-state index contributed by atoms with van der Waals surface area (Å²) >= 11 is 5.96. The van der Waals surface area contributed by atoms with Crippen LogP contribution in [0, 0.1) is 10.1 Å². The highest BCUT2D eigenvalue weighted by Gasteiger charge is 2.09. The van der Waals surface area contributed by atoms with Crippen molar-refractivity contribution in [3.05, 3.63) is 62.9 Å². The van der Waals surface area contributed by atoms with Crippen molar-refractivity contribution in [1.82, 2.24) is 9.78 Å². The zero-order valence-corrected chi connectivity index (χ0v) is 11.9. The normalized spacial score (nSPS) is 11.0. The van der Waals surface area contributed by atoms with Gasteiger partial charge in [0.15, 0.2) is 5.78 Å². The van der Waals surface area contributed by atoms with Gasteiger partial charge < -0.3 is 0 Å². The maximum absolute atomic E-state index is 12.0. The molecule has 1 heterocycles. The Morgan fingerprint density at radius 3 is 2.90 bits per heavy atom. The number of ketones is 1. The van der Waals surface area contributed by atoms with Gasteiger partial charge in [-0.25, -0.2) is 0 Å². The average molecular weight is 306 g/mol. The standard InChI is InChI=1S/C14H12ClN3O3/c1-2-17-9-11(8-16-17)14(19)6-3-10-7-12(18(20)21)4-5-13(10)15/h3-9H,2H2,1H3/b6-3+. The van der Waals surface area contributed by atoms with Crippen LogP contribution in [0.1, 0.15) is 22.8 Å². The van der Waals surface area contributed by atoms with Crippen molar-refractivity contribution >= 4 is 29.1 Å². The molecule has 1 aromatic heterocycles. The van der Waals surface area contributed by atoms with Crippen LogP contribution >= 0.6 is 11.6 Å². The number of allylic oxidation sites excluding steroid dienone is 1. The number of carbonyl (C=O) groups excluding carboxylic acids is 1. The minimum atomic E-state index is -0.513. The molecule has 0 spiro atoms. The number of rotatable bonds is 5. The predicted molar refractivity (Wildman–Crippen MR) is 79.4 cm³/mol. The minimum absolute atomic E-state index is 0.0784. The number of non-ortho nitro benzene ring substituents is 1. The maximum atomic E-state index is 12.0. The molecule has 21 heavy (non-hydrogen) atoms. The lowest BCUT2D eigenvalue weighted by Gasteiger charge is -1.98.